The van der Waals surface area contributed by atoms with Crippen LogP contribution >= 0.6 is 0 Å². The molecule has 3 aromatic rings. The van der Waals surface area contributed by atoms with E-state index in [1.807, 2.05) is 16.7 Å². The molecule has 0 saturated heterocycles. The quantitative estimate of drug-likeness (QED) is 0.789. The Morgan fingerprint density at radius 3 is 2.76 bits per heavy atom. The van der Waals surface area contributed by atoms with Crippen molar-refractivity contribution in [3.05, 3.63) is 59.7 Å². The van der Waals surface area contributed by atoms with Crippen LogP contribution in [0.1, 0.15) is 24.7 Å². The third-order valence-electron chi connectivity index (χ3n) is 3.58. The predicted octanol–water partition coefficient (Wildman–Crippen LogP) is 3.88. The molecule has 0 spiro atoms. The monoisotopic (exact) mass is 284 g/mol. The van der Waals surface area contributed by atoms with E-state index < -0.39 is 0 Å². The highest BCUT2D eigenvalue weighted by Crippen LogP contribution is 2.23. The van der Waals surface area contributed by atoms with Crippen molar-refractivity contribution in [2.75, 3.05) is 0 Å². The van der Waals surface area contributed by atoms with Crippen LogP contribution in [-0.2, 0) is 13.0 Å². The number of phenolic OH excluding ortho intramolecular Hbond substituents is 1. The Bertz CT molecular complexity index is 780. The standard InChI is InChI=1S/C17H17FN2O/c1-2-9-20-15-11-13(18)7-8-14(15)19-17(20)10-12-5-3-4-6-16(12)21/h3-8,11,21H,2,9-10H2,1H3. The average Bonchev–Trinajstić information content (AvgIpc) is 2.79. The first-order valence-electron chi connectivity index (χ1n) is 7.10. The molecule has 1 aromatic heterocycles. The minimum absolute atomic E-state index is 0.256. The lowest BCUT2D eigenvalue weighted by Crippen LogP contribution is -2.04. The van der Waals surface area contributed by atoms with Gasteiger partial charge in [0.2, 0.25) is 0 Å². The molecule has 0 aliphatic carbocycles. The predicted molar refractivity (Wildman–Crippen MR) is 80.9 cm³/mol. The number of benzene rings is 2. The number of phenols is 1. The van der Waals surface area contributed by atoms with Crippen molar-refractivity contribution in [1.29, 1.82) is 0 Å². The third kappa shape index (κ3) is 2.61. The zero-order valence-electron chi connectivity index (χ0n) is 11.9. The number of aromatic nitrogens is 2. The number of fused-ring (bicyclic) bond motifs is 1. The average molecular weight is 284 g/mol. The number of halogens is 1. The Hall–Kier alpha value is -2.36. The van der Waals surface area contributed by atoms with Crippen LogP contribution < -0.4 is 0 Å². The van der Waals surface area contributed by atoms with Crippen LogP contribution in [0.5, 0.6) is 5.75 Å². The van der Waals surface area contributed by atoms with Gasteiger partial charge < -0.3 is 9.67 Å². The number of imidazole rings is 1. The Morgan fingerprint density at radius 2 is 2.00 bits per heavy atom. The van der Waals surface area contributed by atoms with Gasteiger partial charge in [-0.2, -0.15) is 0 Å². The molecule has 21 heavy (non-hydrogen) atoms. The van der Waals surface area contributed by atoms with Gasteiger partial charge in [0.05, 0.1) is 11.0 Å². The fourth-order valence-corrected chi connectivity index (χ4v) is 2.58. The Morgan fingerprint density at radius 1 is 1.19 bits per heavy atom. The molecule has 0 amide bonds. The van der Waals surface area contributed by atoms with Gasteiger partial charge in [-0.3, -0.25) is 0 Å². The van der Waals surface area contributed by atoms with E-state index in [0.717, 1.165) is 35.4 Å². The molecule has 0 bridgehead atoms. The Balaban J connectivity index is 2.09. The second-order valence-corrected chi connectivity index (χ2v) is 5.12. The summed E-state index contributed by atoms with van der Waals surface area (Å²) in [4.78, 5) is 4.59. The second kappa shape index (κ2) is 5.56. The van der Waals surface area contributed by atoms with E-state index in [2.05, 4.69) is 11.9 Å². The van der Waals surface area contributed by atoms with E-state index in [-0.39, 0.29) is 11.6 Å². The summed E-state index contributed by atoms with van der Waals surface area (Å²) in [6, 6.07) is 11.9. The van der Waals surface area contributed by atoms with Crippen LogP contribution in [0.15, 0.2) is 42.5 Å². The van der Waals surface area contributed by atoms with Gasteiger partial charge in [0.1, 0.15) is 17.4 Å². The molecule has 0 aliphatic heterocycles. The summed E-state index contributed by atoms with van der Waals surface area (Å²) in [5.41, 5.74) is 2.42. The lowest BCUT2D eigenvalue weighted by molar-refractivity contribution is 0.468. The van der Waals surface area contributed by atoms with Gasteiger partial charge in [0, 0.05) is 18.5 Å². The highest BCUT2D eigenvalue weighted by Gasteiger charge is 2.13. The number of rotatable bonds is 4. The molecular weight excluding hydrogens is 267 g/mol. The maximum absolute atomic E-state index is 13.5. The molecule has 0 fully saturated rings. The van der Waals surface area contributed by atoms with Crippen LogP contribution in [0, 0.1) is 5.82 Å². The maximum Gasteiger partial charge on any atom is 0.125 e. The Kier molecular flexibility index (Phi) is 3.60. The highest BCUT2D eigenvalue weighted by molar-refractivity contribution is 5.76. The number of aromatic hydroxyl groups is 1. The minimum atomic E-state index is -0.256. The van der Waals surface area contributed by atoms with Crippen molar-refractivity contribution in [1.82, 2.24) is 9.55 Å². The van der Waals surface area contributed by atoms with Gasteiger partial charge in [-0.25, -0.2) is 9.37 Å². The van der Waals surface area contributed by atoms with Crippen LogP contribution in [0.25, 0.3) is 11.0 Å². The summed E-state index contributed by atoms with van der Waals surface area (Å²) in [6.45, 7) is 2.86. The van der Waals surface area contributed by atoms with E-state index in [1.165, 1.54) is 12.1 Å². The summed E-state index contributed by atoms with van der Waals surface area (Å²) in [5.74, 6) is 0.853. The highest BCUT2D eigenvalue weighted by atomic mass is 19.1. The van der Waals surface area contributed by atoms with Crippen LogP contribution in [0.3, 0.4) is 0 Å². The number of para-hydroxylation sites is 1. The first kappa shape index (κ1) is 13.6. The van der Waals surface area contributed by atoms with Crippen molar-refractivity contribution in [2.24, 2.45) is 0 Å². The zero-order chi connectivity index (χ0) is 14.8. The molecule has 0 saturated carbocycles. The molecule has 3 rings (SSSR count). The van der Waals surface area contributed by atoms with Crippen LogP contribution in [0.4, 0.5) is 4.39 Å². The van der Waals surface area contributed by atoms with Crippen LogP contribution in [-0.4, -0.2) is 14.7 Å². The van der Waals surface area contributed by atoms with E-state index in [1.54, 1.807) is 18.2 Å². The number of nitrogens with zero attached hydrogens (tertiary/aromatic N) is 2. The molecule has 0 radical (unpaired) electrons. The van der Waals surface area contributed by atoms with E-state index in [0.29, 0.717) is 6.42 Å². The molecule has 2 aromatic carbocycles. The number of aryl methyl sites for hydroxylation is 1. The van der Waals surface area contributed by atoms with Crippen LogP contribution in [0.2, 0.25) is 0 Å². The molecule has 0 unspecified atom stereocenters. The normalized spacial score (nSPS) is 11.1. The number of hydrogen-bond acceptors (Lipinski definition) is 2. The van der Waals surface area contributed by atoms with Gasteiger partial charge in [0.25, 0.3) is 0 Å². The van der Waals surface area contributed by atoms with Gasteiger partial charge in [-0.15, -0.1) is 0 Å². The second-order valence-electron chi connectivity index (χ2n) is 5.12. The Labute approximate surface area is 122 Å². The fourth-order valence-electron chi connectivity index (χ4n) is 2.58. The van der Waals surface area contributed by atoms with Crippen molar-refractivity contribution >= 4 is 11.0 Å². The molecular formula is C17H17FN2O. The molecule has 1 N–H and O–H groups in total. The zero-order valence-corrected chi connectivity index (χ0v) is 11.9. The summed E-state index contributed by atoms with van der Waals surface area (Å²) in [7, 11) is 0. The van der Waals surface area contributed by atoms with E-state index in [4.69, 9.17) is 0 Å². The summed E-state index contributed by atoms with van der Waals surface area (Å²) >= 11 is 0. The van der Waals surface area contributed by atoms with Gasteiger partial charge in [0.15, 0.2) is 0 Å². The molecule has 1 heterocycles. The van der Waals surface area contributed by atoms with Crippen molar-refractivity contribution in [3.63, 3.8) is 0 Å². The summed E-state index contributed by atoms with van der Waals surface area (Å²) in [6.07, 6.45) is 1.47. The molecule has 0 aliphatic rings. The topological polar surface area (TPSA) is 38.0 Å². The van der Waals surface area contributed by atoms with Crippen molar-refractivity contribution in [2.45, 2.75) is 26.3 Å². The van der Waals surface area contributed by atoms with Crippen molar-refractivity contribution in [3.8, 4) is 5.75 Å². The summed E-state index contributed by atoms with van der Waals surface area (Å²) in [5, 5.41) is 9.91. The molecule has 108 valence electrons. The number of hydrogen-bond donors (Lipinski definition) is 1. The SMILES string of the molecule is CCCn1c(Cc2ccccc2O)nc2ccc(F)cc21. The van der Waals surface area contributed by atoms with Crippen molar-refractivity contribution < 1.29 is 9.50 Å². The lowest BCUT2D eigenvalue weighted by Gasteiger charge is -2.08. The molecule has 3 nitrogen and oxygen atoms in total. The van der Waals surface area contributed by atoms with Gasteiger partial charge in [-0.1, -0.05) is 25.1 Å². The smallest absolute Gasteiger partial charge is 0.125 e. The maximum atomic E-state index is 13.5. The van der Waals surface area contributed by atoms with E-state index >= 15 is 0 Å². The molecule has 4 heteroatoms. The van der Waals surface area contributed by atoms with E-state index in [9.17, 15) is 9.50 Å². The molecule has 0 atom stereocenters. The van der Waals surface area contributed by atoms with Gasteiger partial charge >= 0.3 is 0 Å². The largest absolute Gasteiger partial charge is 0.508 e. The van der Waals surface area contributed by atoms with Gasteiger partial charge in [-0.05, 0) is 30.7 Å². The minimum Gasteiger partial charge on any atom is -0.508 e. The summed E-state index contributed by atoms with van der Waals surface area (Å²) < 4.78 is 15.5. The lowest BCUT2D eigenvalue weighted by atomic mass is 10.1. The third-order valence-corrected chi connectivity index (χ3v) is 3.58. The first-order valence-corrected chi connectivity index (χ1v) is 7.10. The fraction of sp³-hybridized carbons (Fsp3) is 0.235. The first-order chi connectivity index (χ1) is 10.2.